The number of hydrogen-bond acceptors (Lipinski definition) is 2. The van der Waals surface area contributed by atoms with Crippen molar-refractivity contribution in [1.82, 2.24) is 4.90 Å². The first-order valence-corrected chi connectivity index (χ1v) is 7.71. The van der Waals surface area contributed by atoms with Crippen molar-refractivity contribution in [3.63, 3.8) is 0 Å². The molecule has 0 aliphatic carbocycles. The molecule has 0 saturated heterocycles. The Morgan fingerprint density at radius 1 is 1.20 bits per heavy atom. The molecule has 1 rings (SSSR count). The molecule has 1 aromatic carbocycles. The minimum atomic E-state index is -0.369. The third kappa shape index (κ3) is 3.07. The van der Waals surface area contributed by atoms with Crippen LogP contribution in [0.25, 0.3) is 0 Å². The van der Waals surface area contributed by atoms with Crippen LogP contribution in [0, 0.1) is 12.8 Å². The van der Waals surface area contributed by atoms with Gasteiger partial charge in [0.2, 0.25) is 0 Å². The molecule has 20 heavy (non-hydrogen) atoms. The fourth-order valence-electron chi connectivity index (χ4n) is 3.51. The Bertz CT molecular complexity index is 427. The first kappa shape index (κ1) is 17.2. The maximum Gasteiger partial charge on any atom is 0.0675 e. The standard InChI is InChI=1S/C18H31NO/c1-8-19(7)17(15(5)20)18(6,13(2)3)16-12-10-9-11-14(16)4/h9-13,15,17,20H,8H2,1-7H3. The van der Waals surface area contributed by atoms with Gasteiger partial charge in [-0.15, -0.1) is 0 Å². The van der Waals surface area contributed by atoms with Crippen LogP contribution in [0.5, 0.6) is 0 Å². The second-order valence-corrected chi connectivity index (χ2v) is 6.51. The van der Waals surface area contributed by atoms with Crippen molar-refractivity contribution >= 4 is 0 Å². The number of aliphatic hydroxyl groups excluding tert-OH is 1. The van der Waals surface area contributed by atoms with E-state index in [0.717, 1.165) is 6.54 Å². The average Bonchev–Trinajstić information content (AvgIpc) is 2.38. The van der Waals surface area contributed by atoms with E-state index in [-0.39, 0.29) is 17.6 Å². The SMILES string of the molecule is CCN(C)C(C(C)O)C(C)(c1ccccc1C)C(C)C. The van der Waals surface area contributed by atoms with E-state index >= 15 is 0 Å². The van der Waals surface area contributed by atoms with E-state index in [1.807, 2.05) is 6.92 Å². The Morgan fingerprint density at radius 3 is 2.15 bits per heavy atom. The maximum atomic E-state index is 10.4. The predicted molar refractivity (Wildman–Crippen MR) is 87.1 cm³/mol. The Kier molecular flexibility index (Phi) is 5.79. The molecule has 3 unspecified atom stereocenters. The van der Waals surface area contributed by atoms with Gasteiger partial charge in [-0.2, -0.15) is 0 Å². The van der Waals surface area contributed by atoms with Crippen LogP contribution in [0.3, 0.4) is 0 Å². The number of aryl methyl sites for hydroxylation is 1. The van der Waals surface area contributed by atoms with Crippen LogP contribution in [0.1, 0.15) is 45.7 Å². The lowest BCUT2D eigenvalue weighted by molar-refractivity contribution is 0.0150. The van der Waals surface area contributed by atoms with Crippen molar-refractivity contribution in [3.05, 3.63) is 35.4 Å². The van der Waals surface area contributed by atoms with Crippen molar-refractivity contribution < 1.29 is 5.11 Å². The highest BCUT2D eigenvalue weighted by Gasteiger charge is 2.43. The number of benzene rings is 1. The number of rotatable bonds is 6. The Hall–Kier alpha value is -0.860. The summed E-state index contributed by atoms with van der Waals surface area (Å²) in [6, 6.07) is 8.68. The Labute approximate surface area is 124 Å². The third-order valence-electron chi connectivity index (χ3n) is 4.97. The van der Waals surface area contributed by atoms with Gasteiger partial charge in [-0.25, -0.2) is 0 Å². The fraction of sp³-hybridized carbons (Fsp3) is 0.667. The molecule has 114 valence electrons. The van der Waals surface area contributed by atoms with E-state index in [1.165, 1.54) is 11.1 Å². The maximum absolute atomic E-state index is 10.4. The molecule has 2 nitrogen and oxygen atoms in total. The molecular weight excluding hydrogens is 246 g/mol. The molecule has 0 heterocycles. The minimum absolute atomic E-state index is 0.0791. The van der Waals surface area contributed by atoms with Crippen LogP contribution < -0.4 is 0 Å². The normalized spacial score (nSPS) is 18.1. The van der Waals surface area contributed by atoms with Crippen LogP contribution in [0.15, 0.2) is 24.3 Å². The van der Waals surface area contributed by atoms with Gasteiger partial charge in [-0.3, -0.25) is 0 Å². The Morgan fingerprint density at radius 2 is 1.75 bits per heavy atom. The van der Waals surface area contributed by atoms with Crippen LogP contribution in [0.4, 0.5) is 0 Å². The van der Waals surface area contributed by atoms with Gasteiger partial charge < -0.3 is 10.0 Å². The van der Waals surface area contributed by atoms with Gasteiger partial charge in [0.1, 0.15) is 0 Å². The molecule has 0 aliphatic rings. The van der Waals surface area contributed by atoms with E-state index < -0.39 is 0 Å². The fourth-order valence-corrected chi connectivity index (χ4v) is 3.51. The monoisotopic (exact) mass is 277 g/mol. The second kappa shape index (κ2) is 6.73. The summed E-state index contributed by atoms with van der Waals surface area (Å²) < 4.78 is 0. The lowest BCUT2D eigenvalue weighted by atomic mass is 9.65. The minimum Gasteiger partial charge on any atom is -0.392 e. The zero-order valence-electron chi connectivity index (χ0n) is 14.1. The van der Waals surface area contributed by atoms with E-state index in [1.54, 1.807) is 0 Å². The van der Waals surface area contributed by atoms with Gasteiger partial charge in [0.25, 0.3) is 0 Å². The van der Waals surface area contributed by atoms with E-state index in [0.29, 0.717) is 5.92 Å². The summed E-state index contributed by atoms with van der Waals surface area (Å²) in [4.78, 5) is 2.27. The van der Waals surface area contributed by atoms with E-state index in [9.17, 15) is 5.11 Å². The molecule has 0 saturated carbocycles. The molecule has 0 radical (unpaired) electrons. The Balaban J connectivity index is 3.44. The van der Waals surface area contributed by atoms with Crippen molar-refractivity contribution in [1.29, 1.82) is 0 Å². The molecule has 1 N–H and O–H groups in total. The molecule has 1 aromatic rings. The molecule has 3 atom stereocenters. The van der Waals surface area contributed by atoms with Crippen LogP contribution >= 0.6 is 0 Å². The van der Waals surface area contributed by atoms with Crippen LogP contribution in [-0.2, 0) is 5.41 Å². The van der Waals surface area contributed by atoms with Gasteiger partial charge in [-0.05, 0) is 44.5 Å². The van der Waals surface area contributed by atoms with Gasteiger partial charge >= 0.3 is 0 Å². The molecule has 0 fully saturated rings. The van der Waals surface area contributed by atoms with Crippen LogP contribution in [-0.4, -0.2) is 35.7 Å². The summed E-state index contributed by atoms with van der Waals surface area (Å²) in [6.07, 6.45) is -0.369. The van der Waals surface area contributed by atoms with Gasteiger partial charge in [-0.1, -0.05) is 52.0 Å². The highest BCUT2D eigenvalue weighted by molar-refractivity contribution is 5.35. The van der Waals surface area contributed by atoms with Gasteiger partial charge in [0.15, 0.2) is 0 Å². The molecule has 0 spiro atoms. The summed E-state index contributed by atoms with van der Waals surface area (Å²) in [5, 5.41) is 10.4. The largest absolute Gasteiger partial charge is 0.392 e. The quantitative estimate of drug-likeness (QED) is 0.858. The summed E-state index contributed by atoms with van der Waals surface area (Å²) >= 11 is 0. The zero-order valence-corrected chi connectivity index (χ0v) is 14.1. The van der Waals surface area contributed by atoms with Gasteiger partial charge in [0.05, 0.1) is 6.10 Å². The first-order valence-electron chi connectivity index (χ1n) is 7.71. The smallest absolute Gasteiger partial charge is 0.0675 e. The summed E-state index contributed by atoms with van der Waals surface area (Å²) in [6.45, 7) is 14.0. The van der Waals surface area contributed by atoms with E-state index in [2.05, 4.69) is 70.8 Å². The number of hydrogen-bond donors (Lipinski definition) is 1. The van der Waals surface area contributed by atoms with Crippen molar-refractivity contribution in [2.75, 3.05) is 13.6 Å². The summed E-state index contributed by atoms with van der Waals surface area (Å²) in [7, 11) is 2.11. The topological polar surface area (TPSA) is 23.5 Å². The molecule has 2 heteroatoms. The molecular formula is C18H31NO. The summed E-state index contributed by atoms with van der Waals surface area (Å²) in [5.74, 6) is 0.442. The highest BCUT2D eigenvalue weighted by atomic mass is 16.3. The van der Waals surface area contributed by atoms with Gasteiger partial charge in [0, 0.05) is 11.5 Å². The molecule has 0 aliphatic heterocycles. The molecule has 0 amide bonds. The van der Waals surface area contributed by atoms with Crippen LogP contribution in [0.2, 0.25) is 0 Å². The van der Waals surface area contributed by atoms with Crippen molar-refractivity contribution in [2.24, 2.45) is 5.92 Å². The van der Waals surface area contributed by atoms with E-state index in [4.69, 9.17) is 0 Å². The molecule has 0 aromatic heterocycles. The average molecular weight is 277 g/mol. The third-order valence-corrected chi connectivity index (χ3v) is 4.97. The lowest BCUT2D eigenvalue weighted by Gasteiger charge is -2.48. The number of nitrogens with zero attached hydrogens (tertiary/aromatic N) is 1. The number of likely N-dealkylation sites (N-methyl/N-ethyl adjacent to an activating group) is 1. The molecule has 0 bridgehead atoms. The van der Waals surface area contributed by atoms with Crippen molar-refractivity contribution in [3.8, 4) is 0 Å². The first-order chi connectivity index (χ1) is 9.26. The highest BCUT2D eigenvalue weighted by Crippen LogP contribution is 2.40. The zero-order chi connectivity index (χ0) is 15.5. The lowest BCUT2D eigenvalue weighted by Crippen LogP contribution is -2.56. The van der Waals surface area contributed by atoms with Crippen molar-refractivity contribution in [2.45, 2.75) is 59.1 Å². The summed E-state index contributed by atoms with van der Waals surface area (Å²) in [5.41, 5.74) is 2.57. The second-order valence-electron chi connectivity index (χ2n) is 6.51. The predicted octanol–water partition coefficient (Wildman–Crippen LogP) is 3.61. The number of aliphatic hydroxyl groups is 1.